The number of rotatable bonds is 4. The van der Waals surface area contributed by atoms with Gasteiger partial charge in [0, 0.05) is 12.3 Å². The second-order valence-electron chi connectivity index (χ2n) is 4.66. The van der Waals surface area contributed by atoms with Crippen molar-refractivity contribution in [1.29, 1.82) is 5.26 Å². The largest absolute Gasteiger partial charge is 0.274 e. The van der Waals surface area contributed by atoms with Crippen LogP contribution >= 0.6 is 0 Å². The highest BCUT2D eigenvalue weighted by Crippen LogP contribution is 2.24. The van der Waals surface area contributed by atoms with E-state index in [1.165, 1.54) is 12.1 Å². The van der Waals surface area contributed by atoms with E-state index in [9.17, 15) is 14.4 Å². The van der Waals surface area contributed by atoms with E-state index in [0.29, 0.717) is 17.7 Å². The van der Waals surface area contributed by atoms with Crippen molar-refractivity contribution in [3.8, 4) is 6.07 Å². The number of nitrogens with zero attached hydrogens (tertiary/aromatic N) is 2. The number of fused-ring (bicyclic) bond motifs is 1. The first kappa shape index (κ1) is 13.9. The van der Waals surface area contributed by atoms with Gasteiger partial charge in [-0.25, -0.2) is 4.90 Å². The van der Waals surface area contributed by atoms with E-state index < -0.39 is 17.7 Å². The van der Waals surface area contributed by atoms with Gasteiger partial charge in [0.05, 0.1) is 17.2 Å². The first-order valence-corrected chi connectivity index (χ1v) is 6.50. The number of hydrogen-bond acceptors (Lipinski definition) is 4. The van der Waals surface area contributed by atoms with Gasteiger partial charge in [-0.05, 0) is 25.0 Å². The standard InChI is InChI=1S/C15H14N2O3/c1-2-10(9-16)7-8-13(18)17-14(19)11-5-3-4-6-12(11)15(17)20/h3-6,10H,2,7-8H2,1H3. The molecule has 0 spiro atoms. The monoisotopic (exact) mass is 270 g/mol. The van der Waals surface area contributed by atoms with Crippen molar-refractivity contribution in [3.63, 3.8) is 0 Å². The minimum atomic E-state index is -0.569. The average molecular weight is 270 g/mol. The smallest absolute Gasteiger partial charge is 0.268 e. The topological polar surface area (TPSA) is 78.2 Å². The summed E-state index contributed by atoms with van der Waals surface area (Å²) in [6, 6.07) is 8.47. The maximum absolute atomic E-state index is 12.1. The van der Waals surface area contributed by atoms with Crippen LogP contribution in [0.1, 0.15) is 46.9 Å². The molecule has 0 N–H and O–H groups in total. The fourth-order valence-electron chi connectivity index (χ4n) is 2.19. The van der Waals surface area contributed by atoms with Crippen LogP contribution in [0, 0.1) is 17.2 Å². The normalized spacial score (nSPS) is 14.9. The Balaban J connectivity index is 2.12. The minimum absolute atomic E-state index is 0.0253. The van der Waals surface area contributed by atoms with Gasteiger partial charge >= 0.3 is 0 Å². The maximum atomic E-state index is 12.1. The molecular weight excluding hydrogens is 256 g/mol. The van der Waals surface area contributed by atoms with E-state index in [4.69, 9.17) is 5.26 Å². The van der Waals surface area contributed by atoms with Gasteiger partial charge in [0.15, 0.2) is 0 Å². The van der Waals surface area contributed by atoms with Gasteiger partial charge in [-0.1, -0.05) is 19.1 Å². The molecular formula is C15H14N2O3. The summed E-state index contributed by atoms with van der Waals surface area (Å²) >= 11 is 0. The van der Waals surface area contributed by atoms with Crippen LogP contribution in [0.15, 0.2) is 24.3 Å². The molecule has 1 unspecified atom stereocenters. The molecule has 0 saturated heterocycles. The van der Waals surface area contributed by atoms with Crippen molar-refractivity contribution < 1.29 is 14.4 Å². The average Bonchev–Trinajstić information content (AvgIpc) is 2.72. The highest BCUT2D eigenvalue weighted by molar-refractivity contribution is 6.28. The summed E-state index contributed by atoms with van der Waals surface area (Å²) in [7, 11) is 0. The molecule has 1 aromatic rings. The number of hydrogen-bond donors (Lipinski definition) is 0. The van der Waals surface area contributed by atoms with Crippen LogP contribution in [0.4, 0.5) is 0 Å². The zero-order chi connectivity index (χ0) is 14.7. The summed E-state index contributed by atoms with van der Waals surface area (Å²) in [6.07, 6.45) is 1.03. The minimum Gasteiger partial charge on any atom is -0.274 e. The first-order chi connectivity index (χ1) is 9.60. The van der Waals surface area contributed by atoms with Gasteiger partial charge in [0.1, 0.15) is 0 Å². The molecule has 0 aliphatic carbocycles. The maximum Gasteiger partial charge on any atom is 0.268 e. The Labute approximate surface area is 116 Å². The van der Waals surface area contributed by atoms with E-state index in [0.717, 1.165) is 0 Å². The Morgan fingerprint density at radius 1 is 1.25 bits per heavy atom. The van der Waals surface area contributed by atoms with Crippen molar-refractivity contribution >= 4 is 17.7 Å². The fraction of sp³-hybridized carbons (Fsp3) is 0.333. The molecule has 2 rings (SSSR count). The van der Waals surface area contributed by atoms with E-state index in [1.807, 2.05) is 6.92 Å². The molecule has 1 aliphatic heterocycles. The van der Waals surface area contributed by atoms with Crippen molar-refractivity contribution in [2.75, 3.05) is 0 Å². The summed E-state index contributed by atoms with van der Waals surface area (Å²) in [5.41, 5.74) is 0.524. The molecule has 1 atom stereocenters. The van der Waals surface area contributed by atoms with E-state index in [2.05, 4.69) is 6.07 Å². The van der Waals surface area contributed by atoms with Gasteiger partial charge in [-0.3, -0.25) is 14.4 Å². The van der Waals surface area contributed by atoms with Crippen LogP contribution in [0.25, 0.3) is 0 Å². The number of imide groups is 3. The Bertz CT molecular complexity index is 581. The lowest BCUT2D eigenvalue weighted by atomic mass is 10.0. The number of carbonyl (C=O) groups is 3. The highest BCUT2D eigenvalue weighted by Gasteiger charge is 2.39. The number of nitriles is 1. The van der Waals surface area contributed by atoms with Crippen LogP contribution in [0.5, 0.6) is 0 Å². The molecule has 5 heteroatoms. The summed E-state index contributed by atoms with van der Waals surface area (Å²) in [4.78, 5) is 36.8. The molecule has 20 heavy (non-hydrogen) atoms. The quantitative estimate of drug-likeness (QED) is 0.785. The van der Waals surface area contributed by atoms with Crippen molar-refractivity contribution in [1.82, 2.24) is 4.90 Å². The van der Waals surface area contributed by atoms with Crippen LogP contribution in [-0.2, 0) is 4.79 Å². The summed E-state index contributed by atoms with van der Waals surface area (Å²) in [5.74, 6) is -1.90. The molecule has 5 nitrogen and oxygen atoms in total. The Morgan fingerprint density at radius 2 is 1.80 bits per heavy atom. The Morgan fingerprint density at radius 3 is 2.25 bits per heavy atom. The first-order valence-electron chi connectivity index (χ1n) is 6.50. The number of carbonyl (C=O) groups excluding carboxylic acids is 3. The Kier molecular flexibility index (Phi) is 3.94. The third kappa shape index (κ3) is 2.32. The van der Waals surface area contributed by atoms with Crippen LogP contribution in [0.3, 0.4) is 0 Å². The van der Waals surface area contributed by atoms with Crippen LogP contribution in [0.2, 0.25) is 0 Å². The SMILES string of the molecule is CCC(C#N)CCC(=O)N1C(=O)c2ccccc2C1=O. The molecule has 102 valence electrons. The second-order valence-corrected chi connectivity index (χ2v) is 4.66. The number of amides is 3. The van der Waals surface area contributed by atoms with Crippen molar-refractivity contribution in [3.05, 3.63) is 35.4 Å². The molecule has 0 bridgehead atoms. The van der Waals surface area contributed by atoms with Gasteiger partial charge in [-0.2, -0.15) is 5.26 Å². The van der Waals surface area contributed by atoms with Crippen LogP contribution in [-0.4, -0.2) is 22.6 Å². The van der Waals surface area contributed by atoms with Crippen LogP contribution < -0.4 is 0 Å². The van der Waals surface area contributed by atoms with Crippen molar-refractivity contribution in [2.24, 2.45) is 5.92 Å². The predicted octanol–water partition coefficient (Wildman–Crippen LogP) is 2.14. The van der Waals surface area contributed by atoms with E-state index in [-0.39, 0.29) is 23.5 Å². The van der Waals surface area contributed by atoms with E-state index in [1.54, 1.807) is 12.1 Å². The lowest BCUT2D eigenvalue weighted by Crippen LogP contribution is -2.36. The molecule has 0 aromatic heterocycles. The molecule has 1 aliphatic rings. The zero-order valence-corrected chi connectivity index (χ0v) is 11.1. The predicted molar refractivity (Wildman–Crippen MR) is 70.6 cm³/mol. The summed E-state index contributed by atoms with van der Waals surface area (Å²) in [5, 5.41) is 8.84. The lowest BCUT2D eigenvalue weighted by Gasteiger charge is -2.12. The van der Waals surface area contributed by atoms with E-state index >= 15 is 0 Å². The molecule has 1 aromatic carbocycles. The molecule has 3 amide bonds. The molecule has 0 radical (unpaired) electrons. The van der Waals surface area contributed by atoms with Gasteiger partial charge in [-0.15, -0.1) is 0 Å². The third-order valence-electron chi connectivity index (χ3n) is 3.43. The molecule has 0 saturated carbocycles. The van der Waals surface area contributed by atoms with Gasteiger partial charge in [0.2, 0.25) is 5.91 Å². The molecule has 1 heterocycles. The summed E-state index contributed by atoms with van der Waals surface area (Å²) < 4.78 is 0. The molecule has 0 fully saturated rings. The van der Waals surface area contributed by atoms with Crippen molar-refractivity contribution in [2.45, 2.75) is 26.2 Å². The third-order valence-corrected chi connectivity index (χ3v) is 3.43. The number of benzene rings is 1. The summed E-state index contributed by atoms with van der Waals surface area (Å²) in [6.45, 7) is 1.86. The second kappa shape index (κ2) is 5.66. The Hall–Kier alpha value is -2.48. The van der Waals surface area contributed by atoms with Gasteiger partial charge in [0.25, 0.3) is 11.8 Å². The van der Waals surface area contributed by atoms with Gasteiger partial charge < -0.3 is 0 Å². The fourth-order valence-corrected chi connectivity index (χ4v) is 2.19. The highest BCUT2D eigenvalue weighted by atomic mass is 16.2. The lowest BCUT2D eigenvalue weighted by molar-refractivity contribution is -0.126. The zero-order valence-electron chi connectivity index (χ0n) is 11.1.